The normalized spacial score (nSPS) is 10.8. The number of hydrogen-bond acceptors (Lipinski definition) is 4. The Morgan fingerprint density at radius 1 is 0.636 bits per heavy atom. The van der Waals surface area contributed by atoms with Crippen LogP contribution in [-0.2, 0) is 11.5 Å². The zero-order valence-electron chi connectivity index (χ0n) is 12.8. The van der Waals surface area contributed by atoms with Gasteiger partial charge in [-0.15, -0.1) is 0 Å². The van der Waals surface area contributed by atoms with E-state index in [1.165, 1.54) is 22.3 Å². The van der Waals surface area contributed by atoms with Crippen LogP contribution in [0.4, 0.5) is 0 Å². The summed E-state index contributed by atoms with van der Waals surface area (Å²) in [5.74, 6) is 4.03. The van der Waals surface area contributed by atoms with Gasteiger partial charge in [0.15, 0.2) is 0 Å². The fraction of sp³-hybridized carbons (Fsp3) is 0.333. The van der Waals surface area contributed by atoms with Crippen LogP contribution in [0.1, 0.15) is 11.1 Å². The molecule has 118 valence electrons. The molecule has 0 spiro atoms. The topological polar surface area (TPSA) is 52.0 Å². The predicted molar refractivity (Wildman–Crippen MR) is 102 cm³/mol. The molecule has 0 saturated heterocycles. The molecule has 2 nitrogen and oxygen atoms in total. The average Bonchev–Trinajstić information content (AvgIpc) is 2.56. The highest BCUT2D eigenvalue weighted by atomic mass is 32.2. The minimum absolute atomic E-state index is 0.735. The van der Waals surface area contributed by atoms with Crippen LogP contribution in [-0.4, -0.2) is 24.6 Å². The van der Waals surface area contributed by atoms with Crippen LogP contribution in [0.5, 0.6) is 0 Å². The van der Waals surface area contributed by atoms with Crippen LogP contribution in [0.3, 0.4) is 0 Å². The van der Waals surface area contributed by atoms with Gasteiger partial charge >= 0.3 is 0 Å². The van der Waals surface area contributed by atoms with Crippen LogP contribution < -0.4 is 11.5 Å². The third kappa shape index (κ3) is 5.06. The summed E-state index contributed by atoms with van der Waals surface area (Å²) in [4.78, 5) is 0. The molecule has 2 aromatic carbocycles. The zero-order chi connectivity index (χ0) is 15.6. The number of rotatable bonds is 9. The first-order chi connectivity index (χ1) is 10.9. The second kappa shape index (κ2) is 9.95. The van der Waals surface area contributed by atoms with Gasteiger partial charge in [-0.25, -0.2) is 0 Å². The zero-order valence-corrected chi connectivity index (χ0v) is 14.5. The molecule has 0 heterocycles. The van der Waals surface area contributed by atoms with Crippen LogP contribution in [0.15, 0.2) is 48.5 Å². The first kappa shape index (κ1) is 17.4. The lowest BCUT2D eigenvalue weighted by molar-refractivity contribution is 1.15. The smallest absolute Gasteiger partial charge is 0.0191 e. The van der Waals surface area contributed by atoms with Gasteiger partial charge in [0.25, 0.3) is 0 Å². The highest BCUT2D eigenvalue weighted by Crippen LogP contribution is 2.31. The van der Waals surface area contributed by atoms with E-state index in [2.05, 4.69) is 48.5 Å². The predicted octanol–water partition coefficient (Wildman–Crippen LogP) is 3.74. The Morgan fingerprint density at radius 3 is 1.45 bits per heavy atom. The fourth-order valence-electron chi connectivity index (χ4n) is 2.35. The molecule has 0 aromatic heterocycles. The lowest BCUT2D eigenvalue weighted by Gasteiger charge is -2.14. The van der Waals surface area contributed by atoms with Crippen LogP contribution in [0.25, 0.3) is 11.1 Å². The number of nitrogens with two attached hydrogens (primary N) is 2. The van der Waals surface area contributed by atoms with Gasteiger partial charge in [-0.1, -0.05) is 48.5 Å². The second-order valence-corrected chi connectivity index (χ2v) is 7.21. The lowest BCUT2D eigenvalue weighted by Crippen LogP contribution is -2.02. The average molecular weight is 333 g/mol. The van der Waals surface area contributed by atoms with Crippen LogP contribution >= 0.6 is 23.5 Å². The Labute approximate surface area is 142 Å². The van der Waals surface area contributed by atoms with Crippen molar-refractivity contribution >= 4 is 23.5 Å². The molecular weight excluding hydrogens is 308 g/mol. The van der Waals surface area contributed by atoms with Crippen molar-refractivity contribution in [1.82, 2.24) is 0 Å². The SMILES string of the molecule is NCCSCc1ccccc1-c1ccccc1CSCCN. The monoisotopic (exact) mass is 332 g/mol. The molecule has 4 N–H and O–H groups in total. The fourth-order valence-corrected chi connectivity index (χ4v) is 3.91. The summed E-state index contributed by atoms with van der Waals surface area (Å²) in [6.07, 6.45) is 0. The molecule has 0 unspecified atom stereocenters. The van der Waals surface area contributed by atoms with Gasteiger partial charge in [0.1, 0.15) is 0 Å². The maximum Gasteiger partial charge on any atom is 0.0191 e. The van der Waals surface area contributed by atoms with E-state index in [1.807, 2.05) is 23.5 Å². The van der Waals surface area contributed by atoms with Crippen molar-refractivity contribution < 1.29 is 0 Å². The van der Waals surface area contributed by atoms with Crippen LogP contribution in [0.2, 0.25) is 0 Å². The van der Waals surface area contributed by atoms with Crippen molar-refractivity contribution in [2.45, 2.75) is 11.5 Å². The highest BCUT2D eigenvalue weighted by molar-refractivity contribution is 7.98. The molecule has 0 amide bonds. The molecule has 2 rings (SSSR count). The molecule has 0 aliphatic rings. The van der Waals surface area contributed by atoms with E-state index in [1.54, 1.807) is 0 Å². The Hall–Kier alpha value is -0.940. The third-order valence-electron chi connectivity index (χ3n) is 3.36. The van der Waals surface area contributed by atoms with Gasteiger partial charge in [-0.05, 0) is 22.3 Å². The molecule has 0 aliphatic heterocycles. The molecule has 0 atom stereocenters. The van der Waals surface area contributed by atoms with E-state index in [-0.39, 0.29) is 0 Å². The van der Waals surface area contributed by atoms with E-state index in [4.69, 9.17) is 11.5 Å². The molecule has 2 aromatic rings. The first-order valence-electron chi connectivity index (χ1n) is 7.58. The summed E-state index contributed by atoms with van der Waals surface area (Å²) in [6.45, 7) is 1.47. The van der Waals surface area contributed by atoms with Crippen molar-refractivity contribution in [3.8, 4) is 11.1 Å². The quantitative estimate of drug-likeness (QED) is 0.687. The van der Waals surface area contributed by atoms with Crippen molar-refractivity contribution in [2.75, 3.05) is 24.6 Å². The van der Waals surface area contributed by atoms with Gasteiger partial charge in [-0.2, -0.15) is 23.5 Å². The van der Waals surface area contributed by atoms with Gasteiger partial charge in [-0.3, -0.25) is 0 Å². The second-order valence-electron chi connectivity index (χ2n) is 5.00. The summed E-state index contributed by atoms with van der Waals surface area (Å²) in [7, 11) is 0. The number of benzene rings is 2. The molecule has 0 saturated carbocycles. The van der Waals surface area contributed by atoms with E-state index >= 15 is 0 Å². The number of thioether (sulfide) groups is 2. The summed E-state index contributed by atoms with van der Waals surface area (Å²) >= 11 is 3.79. The van der Waals surface area contributed by atoms with Crippen molar-refractivity contribution in [3.05, 3.63) is 59.7 Å². The largest absolute Gasteiger partial charge is 0.330 e. The van der Waals surface area contributed by atoms with Crippen LogP contribution in [0, 0.1) is 0 Å². The summed E-state index contributed by atoms with van der Waals surface area (Å²) < 4.78 is 0. The van der Waals surface area contributed by atoms with Gasteiger partial charge in [0.05, 0.1) is 0 Å². The summed E-state index contributed by atoms with van der Waals surface area (Å²) in [5.41, 5.74) is 16.7. The van der Waals surface area contributed by atoms with E-state index in [9.17, 15) is 0 Å². The molecule has 0 aliphatic carbocycles. The maximum atomic E-state index is 5.60. The van der Waals surface area contributed by atoms with Gasteiger partial charge in [0.2, 0.25) is 0 Å². The molecule has 0 bridgehead atoms. The third-order valence-corrected chi connectivity index (χ3v) is 5.44. The first-order valence-corrected chi connectivity index (χ1v) is 9.89. The van der Waals surface area contributed by atoms with Gasteiger partial charge < -0.3 is 11.5 Å². The molecular formula is C18H24N2S2. The molecule has 0 fully saturated rings. The molecule has 4 heteroatoms. The lowest BCUT2D eigenvalue weighted by atomic mass is 9.97. The summed E-state index contributed by atoms with van der Waals surface area (Å²) in [6, 6.07) is 17.4. The van der Waals surface area contributed by atoms with E-state index in [0.29, 0.717) is 0 Å². The number of hydrogen-bond donors (Lipinski definition) is 2. The van der Waals surface area contributed by atoms with Crippen molar-refractivity contribution in [2.24, 2.45) is 11.5 Å². The standard InChI is InChI=1S/C18H24N2S2/c19-9-11-21-13-15-5-1-3-7-17(15)18-8-4-2-6-16(18)14-22-12-10-20/h1-8H,9-14,19-20H2. The highest BCUT2D eigenvalue weighted by Gasteiger charge is 2.09. The van der Waals surface area contributed by atoms with E-state index < -0.39 is 0 Å². The molecule has 22 heavy (non-hydrogen) atoms. The minimum atomic E-state index is 0.735. The molecule has 0 radical (unpaired) electrons. The van der Waals surface area contributed by atoms with Gasteiger partial charge in [0, 0.05) is 36.1 Å². The Kier molecular flexibility index (Phi) is 7.88. The van der Waals surface area contributed by atoms with Crippen molar-refractivity contribution in [3.63, 3.8) is 0 Å². The Bertz CT molecular complexity index is 521. The maximum absolute atomic E-state index is 5.60. The van der Waals surface area contributed by atoms with Crippen molar-refractivity contribution in [1.29, 1.82) is 0 Å². The summed E-state index contributed by atoms with van der Waals surface area (Å²) in [5, 5.41) is 0. The Morgan fingerprint density at radius 2 is 1.05 bits per heavy atom. The van der Waals surface area contributed by atoms with E-state index in [0.717, 1.165) is 36.1 Å². The Balaban J connectivity index is 2.23. The minimum Gasteiger partial charge on any atom is -0.330 e.